The second-order valence-electron chi connectivity index (χ2n) is 4.72. The van der Waals surface area contributed by atoms with Crippen LogP contribution in [0.15, 0.2) is 54.6 Å². The number of nitrogens with one attached hydrogen (secondary N) is 2. The SMILES string of the molecule is O=C(NCCOc1ccccc1)NCCc1ccc(Cl)cc1. The Bertz CT molecular complexity index is 573. The lowest BCUT2D eigenvalue weighted by molar-refractivity contribution is 0.236. The van der Waals surface area contributed by atoms with Crippen molar-refractivity contribution in [3.8, 4) is 5.75 Å². The van der Waals surface area contributed by atoms with Crippen molar-refractivity contribution in [2.24, 2.45) is 0 Å². The lowest BCUT2D eigenvalue weighted by atomic mass is 10.1. The molecule has 0 aliphatic rings. The Morgan fingerprint density at radius 2 is 1.64 bits per heavy atom. The van der Waals surface area contributed by atoms with E-state index in [-0.39, 0.29) is 6.03 Å². The van der Waals surface area contributed by atoms with Crippen LogP contribution in [-0.2, 0) is 6.42 Å². The highest BCUT2D eigenvalue weighted by atomic mass is 35.5. The molecule has 0 saturated heterocycles. The predicted octanol–water partition coefficient (Wildman–Crippen LogP) is 3.26. The zero-order chi connectivity index (χ0) is 15.6. The number of hydrogen-bond donors (Lipinski definition) is 2. The van der Waals surface area contributed by atoms with Gasteiger partial charge in [-0.2, -0.15) is 0 Å². The summed E-state index contributed by atoms with van der Waals surface area (Å²) in [6.07, 6.45) is 0.769. The molecule has 0 radical (unpaired) electrons. The number of rotatable bonds is 7. The van der Waals surface area contributed by atoms with Crippen LogP contribution in [0.4, 0.5) is 4.79 Å². The van der Waals surface area contributed by atoms with E-state index in [1.54, 1.807) is 0 Å². The average Bonchev–Trinajstić information content (AvgIpc) is 2.54. The number of ether oxygens (including phenoxy) is 1. The molecule has 22 heavy (non-hydrogen) atoms. The van der Waals surface area contributed by atoms with Crippen LogP contribution in [-0.4, -0.2) is 25.7 Å². The molecule has 0 aromatic heterocycles. The van der Waals surface area contributed by atoms with E-state index in [1.165, 1.54) is 0 Å². The van der Waals surface area contributed by atoms with E-state index >= 15 is 0 Å². The van der Waals surface area contributed by atoms with Gasteiger partial charge in [0.15, 0.2) is 0 Å². The maximum absolute atomic E-state index is 11.6. The summed E-state index contributed by atoms with van der Waals surface area (Å²) in [6.45, 7) is 1.48. The summed E-state index contributed by atoms with van der Waals surface area (Å²) in [5.41, 5.74) is 1.14. The summed E-state index contributed by atoms with van der Waals surface area (Å²) >= 11 is 5.82. The minimum Gasteiger partial charge on any atom is -0.492 e. The van der Waals surface area contributed by atoms with Gasteiger partial charge in [-0.15, -0.1) is 0 Å². The Labute approximate surface area is 135 Å². The number of carbonyl (C=O) groups is 1. The first-order valence-corrected chi connectivity index (χ1v) is 7.56. The van der Waals surface area contributed by atoms with Crippen LogP contribution in [0.2, 0.25) is 5.02 Å². The number of hydrogen-bond acceptors (Lipinski definition) is 2. The molecule has 0 heterocycles. The fraction of sp³-hybridized carbons (Fsp3) is 0.235. The van der Waals surface area contributed by atoms with Gasteiger partial charge in [0.25, 0.3) is 0 Å². The molecule has 5 heteroatoms. The van der Waals surface area contributed by atoms with Crippen LogP contribution in [0, 0.1) is 0 Å². The molecule has 4 nitrogen and oxygen atoms in total. The Balaban J connectivity index is 1.55. The van der Waals surface area contributed by atoms with E-state index in [2.05, 4.69) is 10.6 Å². The molecule has 116 valence electrons. The normalized spacial score (nSPS) is 10.0. The average molecular weight is 319 g/mol. The largest absolute Gasteiger partial charge is 0.492 e. The van der Waals surface area contributed by atoms with E-state index < -0.39 is 0 Å². The first-order chi connectivity index (χ1) is 10.7. The number of para-hydroxylation sites is 1. The van der Waals surface area contributed by atoms with Gasteiger partial charge < -0.3 is 15.4 Å². The molecular formula is C17H19ClN2O2. The summed E-state index contributed by atoms with van der Waals surface area (Å²) in [5.74, 6) is 0.799. The maximum atomic E-state index is 11.6. The van der Waals surface area contributed by atoms with Crippen LogP contribution < -0.4 is 15.4 Å². The minimum absolute atomic E-state index is 0.189. The standard InChI is InChI=1S/C17H19ClN2O2/c18-15-8-6-14(7-9-15)10-11-19-17(21)20-12-13-22-16-4-2-1-3-5-16/h1-9H,10-13H2,(H2,19,20,21). The molecule has 2 amide bonds. The van der Waals surface area contributed by atoms with Crippen molar-refractivity contribution < 1.29 is 9.53 Å². The fourth-order valence-electron chi connectivity index (χ4n) is 1.88. The molecule has 0 aliphatic carbocycles. The van der Waals surface area contributed by atoms with Crippen molar-refractivity contribution in [1.29, 1.82) is 0 Å². The molecule has 0 unspecified atom stereocenters. The smallest absolute Gasteiger partial charge is 0.314 e. The molecule has 0 aliphatic heterocycles. The Hall–Kier alpha value is -2.20. The number of amides is 2. The third-order valence-corrected chi connectivity index (χ3v) is 3.26. The van der Waals surface area contributed by atoms with E-state index in [0.29, 0.717) is 24.7 Å². The van der Waals surface area contributed by atoms with E-state index in [4.69, 9.17) is 16.3 Å². The summed E-state index contributed by atoms with van der Waals surface area (Å²) < 4.78 is 5.49. The molecular weight excluding hydrogens is 300 g/mol. The van der Waals surface area contributed by atoms with Gasteiger partial charge in [0, 0.05) is 11.6 Å². The molecule has 0 spiro atoms. The fourth-order valence-corrected chi connectivity index (χ4v) is 2.01. The third-order valence-electron chi connectivity index (χ3n) is 3.01. The Morgan fingerprint density at radius 1 is 0.955 bits per heavy atom. The van der Waals surface area contributed by atoms with Crippen molar-refractivity contribution in [1.82, 2.24) is 10.6 Å². The third kappa shape index (κ3) is 6.06. The highest BCUT2D eigenvalue weighted by Gasteiger charge is 2.00. The van der Waals surface area contributed by atoms with Crippen LogP contribution in [0.5, 0.6) is 5.75 Å². The van der Waals surface area contributed by atoms with Gasteiger partial charge >= 0.3 is 6.03 Å². The predicted molar refractivity (Wildman–Crippen MR) is 88.5 cm³/mol. The van der Waals surface area contributed by atoms with Crippen molar-refractivity contribution >= 4 is 17.6 Å². The lowest BCUT2D eigenvalue weighted by Gasteiger charge is -2.09. The van der Waals surface area contributed by atoms with Gasteiger partial charge in [0.2, 0.25) is 0 Å². The first-order valence-electron chi connectivity index (χ1n) is 7.18. The number of carbonyl (C=O) groups excluding carboxylic acids is 1. The van der Waals surface area contributed by atoms with Crippen LogP contribution >= 0.6 is 11.6 Å². The Morgan fingerprint density at radius 3 is 2.36 bits per heavy atom. The summed E-state index contributed by atoms with van der Waals surface area (Å²) in [6, 6.07) is 16.9. The molecule has 2 aromatic rings. The zero-order valence-electron chi connectivity index (χ0n) is 12.2. The van der Waals surface area contributed by atoms with E-state index in [0.717, 1.165) is 17.7 Å². The van der Waals surface area contributed by atoms with Gasteiger partial charge in [-0.25, -0.2) is 4.79 Å². The number of benzene rings is 2. The minimum atomic E-state index is -0.189. The molecule has 0 bridgehead atoms. The van der Waals surface area contributed by atoms with Gasteiger partial charge in [-0.3, -0.25) is 0 Å². The number of urea groups is 1. The summed E-state index contributed by atoms with van der Waals surface area (Å²) in [4.78, 5) is 11.6. The van der Waals surface area contributed by atoms with Crippen LogP contribution in [0.3, 0.4) is 0 Å². The van der Waals surface area contributed by atoms with E-state index in [9.17, 15) is 4.79 Å². The maximum Gasteiger partial charge on any atom is 0.314 e. The first kappa shape index (κ1) is 16.2. The second kappa shape index (κ2) is 8.95. The summed E-state index contributed by atoms with van der Waals surface area (Å²) in [5, 5.41) is 6.27. The van der Waals surface area contributed by atoms with E-state index in [1.807, 2.05) is 54.6 Å². The van der Waals surface area contributed by atoms with Crippen molar-refractivity contribution in [2.45, 2.75) is 6.42 Å². The van der Waals surface area contributed by atoms with Crippen molar-refractivity contribution in [3.05, 3.63) is 65.2 Å². The van der Waals surface area contributed by atoms with Crippen molar-refractivity contribution in [2.75, 3.05) is 19.7 Å². The molecule has 2 rings (SSSR count). The van der Waals surface area contributed by atoms with Gasteiger partial charge in [0.05, 0.1) is 6.54 Å². The highest BCUT2D eigenvalue weighted by molar-refractivity contribution is 6.30. The van der Waals surface area contributed by atoms with Crippen molar-refractivity contribution in [3.63, 3.8) is 0 Å². The topological polar surface area (TPSA) is 50.4 Å². The monoisotopic (exact) mass is 318 g/mol. The number of halogens is 1. The molecule has 2 N–H and O–H groups in total. The van der Waals surface area contributed by atoms with Gasteiger partial charge in [-0.05, 0) is 36.2 Å². The summed E-state index contributed by atoms with van der Waals surface area (Å²) in [7, 11) is 0. The van der Waals surface area contributed by atoms with Crippen LogP contribution in [0.1, 0.15) is 5.56 Å². The van der Waals surface area contributed by atoms with Gasteiger partial charge in [-0.1, -0.05) is 41.9 Å². The molecule has 0 saturated carbocycles. The highest BCUT2D eigenvalue weighted by Crippen LogP contribution is 2.09. The molecule has 2 aromatic carbocycles. The molecule has 0 atom stereocenters. The lowest BCUT2D eigenvalue weighted by Crippen LogP contribution is -2.38. The quantitative estimate of drug-likeness (QED) is 0.770. The van der Waals surface area contributed by atoms with Crippen LogP contribution in [0.25, 0.3) is 0 Å². The van der Waals surface area contributed by atoms with Gasteiger partial charge in [0.1, 0.15) is 12.4 Å². The second-order valence-corrected chi connectivity index (χ2v) is 5.16. The Kier molecular flexibility index (Phi) is 6.58. The zero-order valence-corrected chi connectivity index (χ0v) is 13.0. The molecule has 0 fully saturated rings.